The van der Waals surface area contributed by atoms with E-state index in [1.165, 1.54) is 0 Å². The van der Waals surface area contributed by atoms with Crippen molar-refractivity contribution in [3.05, 3.63) is 24.3 Å². The van der Waals surface area contributed by atoms with Crippen molar-refractivity contribution in [2.75, 3.05) is 72.0 Å². The van der Waals surface area contributed by atoms with Gasteiger partial charge in [-0.3, -0.25) is 4.99 Å². The Hall–Kier alpha value is -1.26. The summed E-state index contributed by atoms with van der Waals surface area (Å²) in [5.41, 5.74) is 1.03. The van der Waals surface area contributed by atoms with Crippen LogP contribution in [0.4, 0.5) is 5.69 Å². The quantitative estimate of drug-likeness (QED) is 0.372. The average Bonchev–Trinajstić information content (AvgIpc) is 2.70. The van der Waals surface area contributed by atoms with Gasteiger partial charge in [0.2, 0.25) is 0 Å². The molecule has 0 aliphatic carbocycles. The largest absolute Gasteiger partial charge is 0.506 e. The van der Waals surface area contributed by atoms with Crippen LogP contribution in [0.25, 0.3) is 0 Å². The van der Waals surface area contributed by atoms with E-state index in [1.807, 2.05) is 25.2 Å². The number of hydrogen-bond acceptors (Lipinski definition) is 5. The second-order valence-electron chi connectivity index (χ2n) is 7.59. The number of likely N-dealkylation sites (N-methyl/N-ethyl adjacent to an activating group) is 1. The zero-order valence-electron chi connectivity index (χ0n) is 17.2. The molecule has 2 N–H and O–H groups in total. The number of phenolic OH excluding ortho intramolecular Hbond substituents is 1. The molecule has 8 heteroatoms. The summed E-state index contributed by atoms with van der Waals surface area (Å²) in [6, 6.07) is 7.55. The molecule has 1 aromatic rings. The Bertz CT molecular complexity index is 641. The van der Waals surface area contributed by atoms with Gasteiger partial charge >= 0.3 is 0 Å². The number of phenols is 1. The van der Waals surface area contributed by atoms with E-state index in [0.29, 0.717) is 5.75 Å². The van der Waals surface area contributed by atoms with Crippen LogP contribution in [0.3, 0.4) is 0 Å². The Morgan fingerprint density at radius 2 is 1.82 bits per heavy atom. The first-order valence-corrected chi connectivity index (χ1v) is 9.79. The smallest absolute Gasteiger partial charge is 0.193 e. The standard InChI is InChI=1S/C20H33N5O2.HI/c1-21-19(22-16-20(23(2)3)8-14-27-15-9-20)25-12-10-24(11-13-25)17-6-4-5-7-18(17)26;/h4-7,26H,8-16H2,1-3H3,(H,21,22);1H. The van der Waals surface area contributed by atoms with Gasteiger partial charge in [0.25, 0.3) is 0 Å². The van der Waals surface area contributed by atoms with Crippen LogP contribution in [-0.2, 0) is 4.74 Å². The van der Waals surface area contributed by atoms with Crippen LogP contribution < -0.4 is 10.2 Å². The molecule has 0 aromatic heterocycles. The number of hydrogen-bond donors (Lipinski definition) is 2. The Balaban J connectivity index is 0.00000280. The Morgan fingerprint density at radius 1 is 1.18 bits per heavy atom. The molecule has 0 atom stereocenters. The predicted octanol–water partition coefficient (Wildman–Crippen LogP) is 1.82. The zero-order valence-corrected chi connectivity index (χ0v) is 19.6. The molecule has 1 aromatic carbocycles. The van der Waals surface area contributed by atoms with E-state index in [1.54, 1.807) is 6.07 Å². The molecule has 0 unspecified atom stereocenters. The van der Waals surface area contributed by atoms with Gasteiger partial charge in [-0.25, -0.2) is 0 Å². The SMILES string of the molecule is CN=C(NCC1(N(C)C)CCOCC1)N1CCN(c2ccccc2O)CC1.I. The van der Waals surface area contributed by atoms with Crippen molar-refractivity contribution in [1.29, 1.82) is 0 Å². The van der Waals surface area contributed by atoms with Gasteiger partial charge in [-0.2, -0.15) is 0 Å². The fourth-order valence-corrected chi connectivity index (χ4v) is 4.00. The number of piperazine rings is 1. The number of halogens is 1. The van der Waals surface area contributed by atoms with Crippen LogP contribution >= 0.6 is 24.0 Å². The van der Waals surface area contributed by atoms with E-state index in [9.17, 15) is 5.11 Å². The lowest BCUT2D eigenvalue weighted by Crippen LogP contribution is -2.59. The highest BCUT2D eigenvalue weighted by Crippen LogP contribution is 2.27. The number of guanidine groups is 1. The molecule has 158 valence electrons. The molecular formula is C20H34IN5O2. The number of anilines is 1. The molecule has 2 aliphatic rings. The van der Waals surface area contributed by atoms with E-state index in [4.69, 9.17) is 4.74 Å². The summed E-state index contributed by atoms with van der Waals surface area (Å²) < 4.78 is 5.57. The first-order chi connectivity index (χ1) is 13.1. The normalized spacial score (nSPS) is 20.1. The van der Waals surface area contributed by atoms with Gasteiger partial charge < -0.3 is 29.9 Å². The number of nitrogens with zero attached hydrogens (tertiary/aromatic N) is 4. The fourth-order valence-electron chi connectivity index (χ4n) is 4.00. The molecule has 0 amide bonds. The van der Waals surface area contributed by atoms with Crippen molar-refractivity contribution in [2.24, 2.45) is 4.99 Å². The maximum atomic E-state index is 10.1. The van der Waals surface area contributed by atoms with Crippen LogP contribution in [0.15, 0.2) is 29.3 Å². The fraction of sp³-hybridized carbons (Fsp3) is 0.650. The van der Waals surface area contributed by atoms with E-state index >= 15 is 0 Å². The van der Waals surface area contributed by atoms with Gasteiger partial charge in [-0.05, 0) is 39.1 Å². The lowest BCUT2D eigenvalue weighted by Gasteiger charge is -2.44. The molecule has 2 heterocycles. The molecule has 0 radical (unpaired) electrons. The number of ether oxygens (including phenoxy) is 1. The van der Waals surface area contributed by atoms with Gasteiger partial charge in [0.05, 0.1) is 5.69 Å². The van der Waals surface area contributed by atoms with E-state index in [-0.39, 0.29) is 29.5 Å². The third-order valence-electron chi connectivity index (χ3n) is 5.96. The molecule has 0 saturated carbocycles. The minimum absolute atomic E-state index is 0. The van der Waals surface area contributed by atoms with Gasteiger partial charge in [-0.1, -0.05) is 12.1 Å². The second-order valence-corrected chi connectivity index (χ2v) is 7.59. The number of aromatic hydroxyl groups is 1. The first-order valence-electron chi connectivity index (χ1n) is 9.79. The van der Waals surface area contributed by atoms with E-state index < -0.39 is 0 Å². The van der Waals surface area contributed by atoms with Crippen molar-refractivity contribution in [3.63, 3.8) is 0 Å². The topological polar surface area (TPSA) is 63.6 Å². The van der Waals surface area contributed by atoms with Crippen LogP contribution in [-0.4, -0.2) is 93.5 Å². The van der Waals surface area contributed by atoms with Crippen molar-refractivity contribution in [1.82, 2.24) is 15.1 Å². The molecule has 7 nitrogen and oxygen atoms in total. The number of aliphatic imine (C=N–C) groups is 1. The molecule has 2 saturated heterocycles. The minimum Gasteiger partial charge on any atom is -0.506 e. The zero-order chi connectivity index (χ0) is 19.3. The number of rotatable bonds is 4. The predicted molar refractivity (Wildman–Crippen MR) is 125 cm³/mol. The first kappa shape index (κ1) is 23.0. The third kappa shape index (κ3) is 5.21. The summed E-state index contributed by atoms with van der Waals surface area (Å²) >= 11 is 0. The van der Waals surface area contributed by atoms with Gasteiger partial charge in [-0.15, -0.1) is 24.0 Å². The average molecular weight is 503 g/mol. The Morgan fingerprint density at radius 3 is 2.39 bits per heavy atom. The third-order valence-corrected chi connectivity index (χ3v) is 5.96. The highest BCUT2D eigenvalue weighted by Gasteiger charge is 2.35. The summed E-state index contributed by atoms with van der Waals surface area (Å²) in [5.74, 6) is 1.31. The highest BCUT2D eigenvalue weighted by molar-refractivity contribution is 14.0. The summed E-state index contributed by atoms with van der Waals surface area (Å²) in [7, 11) is 6.16. The van der Waals surface area contributed by atoms with Crippen LogP contribution in [0.2, 0.25) is 0 Å². The van der Waals surface area contributed by atoms with Gasteiger partial charge in [0, 0.05) is 58.5 Å². The van der Waals surface area contributed by atoms with Crippen molar-refractivity contribution >= 4 is 35.6 Å². The highest BCUT2D eigenvalue weighted by atomic mass is 127. The number of benzene rings is 1. The second kappa shape index (κ2) is 10.5. The number of para-hydroxylation sites is 2. The molecule has 28 heavy (non-hydrogen) atoms. The molecule has 2 aliphatic heterocycles. The summed E-state index contributed by atoms with van der Waals surface area (Å²) in [5, 5.41) is 13.7. The van der Waals surface area contributed by atoms with E-state index in [0.717, 1.165) is 70.4 Å². The number of nitrogens with one attached hydrogen (secondary N) is 1. The van der Waals surface area contributed by atoms with Crippen molar-refractivity contribution < 1.29 is 9.84 Å². The monoisotopic (exact) mass is 503 g/mol. The lowest BCUT2D eigenvalue weighted by atomic mass is 9.88. The maximum absolute atomic E-state index is 10.1. The van der Waals surface area contributed by atoms with Gasteiger partial charge in [0.15, 0.2) is 5.96 Å². The molecule has 0 spiro atoms. The van der Waals surface area contributed by atoms with Crippen LogP contribution in [0.1, 0.15) is 12.8 Å². The van der Waals surface area contributed by atoms with Crippen molar-refractivity contribution in [2.45, 2.75) is 18.4 Å². The Labute approximate surface area is 185 Å². The van der Waals surface area contributed by atoms with Crippen LogP contribution in [0, 0.1) is 0 Å². The molecule has 3 rings (SSSR count). The lowest BCUT2D eigenvalue weighted by molar-refractivity contribution is -0.00526. The maximum Gasteiger partial charge on any atom is 0.193 e. The molecular weight excluding hydrogens is 469 g/mol. The summed E-state index contributed by atoms with van der Waals surface area (Å²) in [6.45, 7) is 6.00. The summed E-state index contributed by atoms with van der Waals surface area (Å²) in [6.07, 6.45) is 2.07. The molecule has 0 bridgehead atoms. The van der Waals surface area contributed by atoms with E-state index in [2.05, 4.69) is 39.1 Å². The minimum atomic E-state index is 0. The summed E-state index contributed by atoms with van der Waals surface area (Å²) in [4.78, 5) is 11.4. The van der Waals surface area contributed by atoms with Crippen molar-refractivity contribution in [3.8, 4) is 5.75 Å². The van der Waals surface area contributed by atoms with Gasteiger partial charge in [0.1, 0.15) is 5.75 Å². The Kier molecular flexibility index (Phi) is 8.63. The molecule has 2 fully saturated rings. The van der Waals surface area contributed by atoms with Crippen LogP contribution in [0.5, 0.6) is 5.75 Å².